The van der Waals surface area contributed by atoms with Crippen LogP contribution in [-0.2, 0) is 4.79 Å². The number of benzene rings is 2. The van der Waals surface area contributed by atoms with Crippen molar-refractivity contribution in [2.24, 2.45) is 5.10 Å². The lowest BCUT2D eigenvalue weighted by molar-refractivity contribution is -0.119. The summed E-state index contributed by atoms with van der Waals surface area (Å²) < 4.78 is 5.05. The van der Waals surface area contributed by atoms with Crippen molar-refractivity contribution in [2.45, 2.75) is 0 Å². The Labute approximate surface area is 138 Å². The Morgan fingerprint density at radius 3 is 2.74 bits per heavy atom. The standard InChI is InChI=1S/C16H16ClN3O3/c1-23-14-6-7-15(21)11(8-14)9-19-20-16(22)10-18-13-4-2-12(17)3-5-13/h2-9,18,21H,10H2,1H3,(H,20,22)/b19-9-. The zero-order valence-electron chi connectivity index (χ0n) is 12.4. The molecule has 0 aromatic heterocycles. The summed E-state index contributed by atoms with van der Waals surface area (Å²) in [6.45, 7) is 0.0586. The number of hydrogen-bond donors (Lipinski definition) is 3. The van der Waals surface area contributed by atoms with Gasteiger partial charge in [-0.25, -0.2) is 5.43 Å². The Hall–Kier alpha value is -2.73. The van der Waals surface area contributed by atoms with Crippen LogP contribution < -0.4 is 15.5 Å². The van der Waals surface area contributed by atoms with Gasteiger partial charge in [0.15, 0.2) is 0 Å². The zero-order chi connectivity index (χ0) is 16.7. The summed E-state index contributed by atoms with van der Waals surface area (Å²) in [4.78, 5) is 11.7. The van der Waals surface area contributed by atoms with Crippen LogP contribution in [0.2, 0.25) is 5.02 Å². The minimum Gasteiger partial charge on any atom is -0.507 e. The van der Waals surface area contributed by atoms with E-state index in [-0.39, 0.29) is 18.2 Å². The van der Waals surface area contributed by atoms with Gasteiger partial charge in [-0.2, -0.15) is 5.10 Å². The molecule has 2 aromatic rings. The van der Waals surface area contributed by atoms with Gasteiger partial charge in [0, 0.05) is 16.3 Å². The van der Waals surface area contributed by atoms with E-state index >= 15 is 0 Å². The van der Waals surface area contributed by atoms with Crippen LogP contribution in [0, 0.1) is 0 Å². The quantitative estimate of drug-likeness (QED) is 0.560. The van der Waals surface area contributed by atoms with E-state index in [0.717, 1.165) is 5.69 Å². The number of ether oxygens (including phenoxy) is 1. The fourth-order valence-corrected chi connectivity index (χ4v) is 1.85. The molecule has 6 nitrogen and oxygen atoms in total. The van der Waals surface area contributed by atoms with Gasteiger partial charge in [0.2, 0.25) is 0 Å². The van der Waals surface area contributed by atoms with Crippen molar-refractivity contribution in [1.82, 2.24) is 5.43 Å². The molecule has 120 valence electrons. The minimum atomic E-state index is -0.321. The first-order chi connectivity index (χ1) is 11.1. The molecule has 0 spiro atoms. The molecule has 3 N–H and O–H groups in total. The SMILES string of the molecule is COc1ccc(O)c(/C=N\NC(=O)CNc2ccc(Cl)cc2)c1. The fourth-order valence-electron chi connectivity index (χ4n) is 1.73. The number of hydrazone groups is 1. The highest BCUT2D eigenvalue weighted by Gasteiger charge is 2.02. The van der Waals surface area contributed by atoms with Crippen molar-refractivity contribution in [1.29, 1.82) is 0 Å². The maximum Gasteiger partial charge on any atom is 0.259 e. The zero-order valence-corrected chi connectivity index (χ0v) is 13.2. The molecule has 0 aliphatic rings. The number of carbonyl (C=O) groups is 1. The Bertz CT molecular complexity index is 702. The summed E-state index contributed by atoms with van der Waals surface area (Å²) in [5.74, 6) is 0.307. The molecule has 0 heterocycles. The van der Waals surface area contributed by atoms with Crippen LogP contribution in [-0.4, -0.2) is 30.9 Å². The van der Waals surface area contributed by atoms with Crippen LogP contribution in [0.15, 0.2) is 47.6 Å². The number of nitrogens with zero attached hydrogens (tertiary/aromatic N) is 1. The maximum absolute atomic E-state index is 11.7. The first-order valence-corrected chi connectivity index (χ1v) is 7.14. The summed E-state index contributed by atoms with van der Waals surface area (Å²) >= 11 is 5.78. The molecule has 0 atom stereocenters. The largest absolute Gasteiger partial charge is 0.507 e. The van der Waals surface area contributed by atoms with Gasteiger partial charge in [0.1, 0.15) is 11.5 Å². The summed E-state index contributed by atoms with van der Waals surface area (Å²) in [7, 11) is 1.53. The molecule has 0 fully saturated rings. The van der Waals surface area contributed by atoms with Gasteiger partial charge in [0.05, 0.1) is 19.9 Å². The Balaban J connectivity index is 1.85. The molecule has 0 bridgehead atoms. The van der Waals surface area contributed by atoms with E-state index < -0.39 is 0 Å². The molecule has 23 heavy (non-hydrogen) atoms. The monoisotopic (exact) mass is 333 g/mol. The highest BCUT2D eigenvalue weighted by atomic mass is 35.5. The molecular formula is C16H16ClN3O3. The van der Waals surface area contributed by atoms with Gasteiger partial charge in [-0.15, -0.1) is 0 Å². The lowest BCUT2D eigenvalue weighted by Crippen LogP contribution is -2.25. The molecule has 0 aliphatic heterocycles. The van der Waals surface area contributed by atoms with Crippen LogP contribution in [0.5, 0.6) is 11.5 Å². The number of aromatic hydroxyl groups is 1. The molecule has 2 aromatic carbocycles. The Morgan fingerprint density at radius 2 is 2.04 bits per heavy atom. The van der Waals surface area contributed by atoms with E-state index in [2.05, 4.69) is 15.8 Å². The molecule has 2 rings (SSSR count). The second kappa shape index (κ2) is 8.05. The third-order valence-corrected chi connectivity index (χ3v) is 3.18. The molecule has 0 saturated carbocycles. The van der Waals surface area contributed by atoms with Gasteiger partial charge < -0.3 is 15.2 Å². The van der Waals surface area contributed by atoms with E-state index in [9.17, 15) is 9.90 Å². The normalized spacial score (nSPS) is 10.5. The number of nitrogens with one attached hydrogen (secondary N) is 2. The Morgan fingerprint density at radius 1 is 1.30 bits per heavy atom. The van der Waals surface area contributed by atoms with Crippen molar-refractivity contribution in [3.05, 3.63) is 53.1 Å². The number of phenolic OH excluding ortho intramolecular Hbond substituents is 1. The molecular weight excluding hydrogens is 318 g/mol. The molecule has 0 unspecified atom stereocenters. The number of halogens is 1. The number of amides is 1. The number of hydrogen-bond acceptors (Lipinski definition) is 5. The average Bonchev–Trinajstić information content (AvgIpc) is 2.56. The maximum atomic E-state index is 11.7. The van der Waals surface area contributed by atoms with Crippen molar-refractivity contribution in [3.63, 3.8) is 0 Å². The van der Waals surface area contributed by atoms with E-state index in [4.69, 9.17) is 16.3 Å². The van der Waals surface area contributed by atoms with E-state index in [1.807, 2.05) is 0 Å². The van der Waals surface area contributed by atoms with Crippen molar-refractivity contribution < 1.29 is 14.6 Å². The number of carbonyl (C=O) groups excluding carboxylic acids is 1. The minimum absolute atomic E-state index is 0.0445. The lowest BCUT2D eigenvalue weighted by atomic mass is 10.2. The highest BCUT2D eigenvalue weighted by molar-refractivity contribution is 6.30. The molecule has 0 radical (unpaired) electrons. The van der Waals surface area contributed by atoms with Crippen molar-refractivity contribution in [2.75, 3.05) is 19.0 Å². The smallest absolute Gasteiger partial charge is 0.259 e. The topological polar surface area (TPSA) is 83.0 Å². The van der Waals surface area contributed by atoms with E-state index in [0.29, 0.717) is 16.3 Å². The summed E-state index contributed by atoms with van der Waals surface area (Å²) in [5, 5.41) is 17.1. The second-order valence-electron chi connectivity index (χ2n) is 4.58. The fraction of sp³-hybridized carbons (Fsp3) is 0.125. The van der Waals surface area contributed by atoms with E-state index in [1.54, 1.807) is 36.4 Å². The summed E-state index contributed by atoms with van der Waals surface area (Å²) in [6.07, 6.45) is 1.35. The van der Waals surface area contributed by atoms with Gasteiger partial charge in [-0.1, -0.05) is 11.6 Å². The molecule has 0 saturated heterocycles. The summed E-state index contributed by atoms with van der Waals surface area (Å²) in [5.41, 5.74) is 3.58. The van der Waals surface area contributed by atoms with E-state index in [1.165, 1.54) is 19.4 Å². The van der Waals surface area contributed by atoms with Crippen LogP contribution in [0.3, 0.4) is 0 Å². The predicted molar refractivity (Wildman–Crippen MR) is 90.3 cm³/mol. The van der Waals surface area contributed by atoms with Gasteiger partial charge in [-0.3, -0.25) is 4.79 Å². The number of rotatable bonds is 6. The van der Waals surface area contributed by atoms with Crippen LogP contribution in [0.4, 0.5) is 5.69 Å². The second-order valence-corrected chi connectivity index (χ2v) is 5.01. The third kappa shape index (κ3) is 5.19. The van der Waals surface area contributed by atoms with Gasteiger partial charge in [-0.05, 0) is 42.5 Å². The lowest BCUT2D eigenvalue weighted by Gasteiger charge is -2.05. The van der Waals surface area contributed by atoms with Crippen molar-refractivity contribution in [3.8, 4) is 11.5 Å². The van der Waals surface area contributed by atoms with Crippen LogP contribution >= 0.6 is 11.6 Å². The molecule has 0 aliphatic carbocycles. The number of anilines is 1. The predicted octanol–water partition coefficient (Wildman–Crippen LogP) is 2.62. The number of methoxy groups -OCH3 is 1. The molecule has 7 heteroatoms. The first kappa shape index (κ1) is 16.6. The third-order valence-electron chi connectivity index (χ3n) is 2.92. The highest BCUT2D eigenvalue weighted by Crippen LogP contribution is 2.20. The van der Waals surface area contributed by atoms with Gasteiger partial charge in [0.25, 0.3) is 5.91 Å². The van der Waals surface area contributed by atoms with Gasteiger partial charge >= 0.3 is 0 Å². The van der Waals surface area contributed by atoms with Crippen LogP contribution in [0.25, 0.3) is 0 Å². The Kier molecular flexibility index (Phi) is 5.82. The molecule has 1 amide bonds. The summed E-state index contributed by atoms with van der Waals surface area (Å²) in [6, 6.07) is 11.7. The van der Waals surface area contributed by atoms with Crippen LogP contribution in [0.1, 0.15) is 5.56 Å². The van der Waals surface area contributed by atoms with Crippen molar-refractivity contribution >= 4 is 29.4 Å². The average molecular weight is 334 g/mol. The first-order valence-electron chi connectivity index (χ1n) is 6.77. The number of phenols is 1.